The largest absolute Gasteiger partial charge is 0.481 e. The van der Waals surface area contributed by atoms with E-state index in [1.165, 1.54) is 12.1 Å². The molecule has 8 heteroatoms. The quantitative estimate of drug-likeness (QED) is 0.596. The first-order valence-corrected chi connectivity index (χ1v) is 6.05. The molecule has 1 aromatic carbocycles. The number of amides is 2. The van der Waals surface area contributed by atoms with Crippen LogP contribution in [0.3, 0.4) is 0 Å². The van der Waals surface area contributed by atoms with Crippen molar-refractivity contribution in [3.05, 3.63) is 29.3 Å². The normalized spacial score (nSPS) is 14.0. The number of nitrogens with one attached hydrogen (secondary N) is 2. The van der Waals surface area contributed by atoms with Crippen molar-refractivity contribution in [2.24, 2.45) is 0 Å². The number of aliphatic carboxylic acids is 2. The van der Waals surface area contributed by atoms with E-state index < -0.39 is 30.3 Å². The Morgan fingerprint density at radius 3 is 2.62 bits per heavy atom. The predicted molar refractivity (Wildman–Crippen MR) is 69.9 cm³/mol. The predicted octanol–water partition coefficient (Wildman–Crippen LogP) is -0.161. The Morgan fingerprint density at radius 1 is 1.29 bits per heavy atom. The Morgan fingerprint density at radius 2 is 2.00 bits per heavy atom. The average molecular weight is 292 g/mol. The number of fused-ring (bicyclic) bond motifs is 1. The van der Waals surface area contributed by atoms with E-state index >= 15 is 0 Å². The molecule has 0 bridgehead atoms. The summed E-state index contributed by atoms with van der Waals surface area (Å²) in [6, 6.07) is 2.94. The van der Waals surface area contributed by atoms with E-state index in [1.54, 1.807) is 6.07 Å². The van der Waals surface area contributed by atoms with Crippen LogP contribution >= 0.6 is 0 Å². The first-order valence-electron chi connectivity index (χ1n) is 6.05. The summed E-state index contributed by atoms with van der Waals surface area (Å²) < 4.78 is 0. The van der Waals surface area contributed by atoms with Gasteiger partial charge in [0.15, 0.2) is 0 Å². The number of carboxylic acid groups (broad SMARTS) is 2. The van der Waals surface area contributed by atoms with E-state index in [0.717, 1.165) is 0 Å². The van der Waals surface area contributed by atoms with E-state index in [0.29, 0.717) is 11.3 Å². The van der Waals surface area contributed by atoms with E-state index in [1.807, 2.05) is 0 Å². The molecule has 0 radical (unpaired) electrons. The summed E-state index contributed by atoms with van der Waals surface area (Å²) in [6.45, 7) is 0. The molecule has 8 nitrogen and oxygen atoms in total. The fourth-order valence-electron chi connectivity index (χ4n) is 1.99. The Bertz CT molecular complexity index is 640. The highest BCUT2D eigenvalue weighted by atomic mass is 16.4. The summed E-state index contributed by atoms with van der Waals surface area (Å²) in [7, 11) is 0. The van der Waals surface area contributed by atoms with Gasteiger partial charge < -0.3 is 20.8 Å². The Kier molecular flexibility index (Phi) is 3.88. The zero-order valence-electron chi connectivity index (χ0n) is 10.8. The zero-order chi connectivity index (χ0) is 15.6. The van der Waals surface area contributed by atoms with Crippen molar-refractivity contribution in [1.82, 2.24) is 5.32 Å². The van der Waals surface area contributed by atoms with Crippen molar-refractivity contribution in [3.63, 3.8) is 0 Å². The molecule has 0 aliphatic carbocycles. The van der Waals surface area contributed by atoms with E-state index in [-0.39, 0.29) is 17.9 Å². The smallest absolute Gasteiger partial charge is 0.326 e. The standard InChI is InChI=1S/C13H12N2O6/c16-10-4-7-3-6(1-2-8(7)14-10)12(19)15-9(13(20)21)5-11(17)18/h1-3,9H,4-5H2,(H,14,16)(H,15,19)(H,17,18)(H,20,21)/t9-/m1/s1. The molecular weight excluding hydrogens is 280 g/mol. The topological polar surface area (TPSA) is 133 Å². The lowest BCUT2D eigenvalue weighted by atomic mass is 10.1. The fourth-order valence-corrected chi connectivity index (χ4v) is 1.99. The van der Waals surface area contributed by atoms with Crippen LogP contribution in [0, 0.1) is 0 Å². The zero-order valence-corrected chi connectivity index (χ0v) is 10.8. The van der Waals surface area contributed by atoms with Gasteiger partial charge in [0.2, 0.25) is 5.91 Å². The molecule has 0 saturated heterocycles. The van der Waals surface area contributed by atoms with Crippen LogP contribution < -0.4 is 10.6 Å². The van der Waals surface area contributed by atoms with Crippen LogP contribution in [0.4, 0.5) is 5.69 Å². The summed E-state index contributed by atoms with van der Waals surface area (Å²) in [6.07, 6.45) is -0.569. The minimum absolute atomic E-state index is 0.147. The number of hydrogen-bond acceptors (Lipinski definition) is 4. The molecule has 0 fully saturated rings. The Labute approximate surface area is 118 Å². The fraction of sp³-hybridized carbons (Fsp3) is 0.231. The van der Waals surface area contributed by atoms with Gasteiger partial charge in [0, 0.05) is 11.3 Å². The molecular formula is C13H12N2O6. The molecule has 2 rings (SSSR count). The third-order valence-electron chi connectivity index (χ3n) is 2.97. The maximum Gasteiger partial charge on any atom is 0.326 e. The Balaban J connectivity index is 2.13. The van der Waals surface area contributed by atoms with Gasteiger partial charge in [-0.05, 0) is 23.8 Å². The van der Waals surface area contributed by atoms with Gasteiger partial charge in [-0.3, -0.25) is 14.4 Å². The lowest BCUT2D eigenvalue weighted by molar-refractivity contribution is -0.145. The third-order valence-corrected chi connectivity index (χ3v) is 2.97. The van der Waals surface area contributed by atoms with Gasteiger partial charge in [0.25, 0.3) is 5.91 Å². The van der Waals surface area contributed by atoms with Gasteiger partial charge in [-0.1, -0.05) is 0 Å². The van der Waals surface area contributed by atoms with Gasteiger partial charge >= 0.3 is 11.9 Å². The molecule has 1 heterocycles. The highest BCUT2D eigenvalue weighted by molar-refractivity contribution is 6.02. The molecule has 1 atom stereocenters. The lowest BCUT2D eigenvalue weighted by Crippen LogP contribution is -2.42. The average Bonchev–Trinajstić information content (AvgIpc) is 2.76. The molecule has 1 aliphatic rings. The monoisotopic (exact) mass is 292 g/mol. The summed E-state index contributed by atoms with van der Waals surface area (Å²) in [5.41, 5.74) is 1.41. The maximum atomic E-state index is 11.9. The second kappa shape index (κ2) is 5.61. The van der Waals surface area contributed by atoms with Gasteiger partial charge in [0.05, 0.1) is 12.8 Å². The molecule has 110 valence electrons. The van der Waals surface area contributed by atoms with E-state index in [4.69, 9.17) is 10.2 Å². The van der Waals surface area contributed by atoms with Crippen LogP contribution in [0.15, 0.2) is 18.2 Å². The van der Waals surface area contributed by atoms with Crippen molar-refractivity contribution >= 4 is 29.4 Å². The molecule has 1 aliphatic heterocycles. The van der Waals surface area contributed by atoms with Gasteiger partial charge in [-0.15, -0.1) is 0 Å². The highest BCUT2D eigenvalue weighted by Crippen LogP contribution is 2.23. The highest BCUT2D eigenvalue weighted by Gasteiger charge is 2.25. The first kappa shape index (κ1) is 14.5. The van der Waals surface area contributed by atoms with Crippen molar-refractivity contribution < 1.29 is 29.4 Å². The number of benzene rings is 1. The summed E-state index contributed by atoms with van der Waals surface area (Å²) in [5, 5.41) is 22.2. The Hall–Kier alpha value is -2.90. The van der Waals surface area contributed by atoms with Gasteiger partial charge in [0.1, 0.15) is 6.04 Å². The minimum Gasteiger partial charge on any atom is -0.481 e. The van der Waals surface area contributed by atoms with Crippen LogP contribution in [-0.2, 0) is 20.8 Å². The van der Waals surface area contributed by atoms with E-state index in [9.17, 15) is 19.2 Å². The summed E-state index contributed by atoms with van der Waals surface area (Å²) >= 11 is 0. The van der Waals surface area contributed by atoms with Crippen LogP contribution in [0.2, 0.25) is 0 Å². The molecule has 0 unspecified atom stereocenters. The van der Waals surface area contributed by atoms with Crippen LogP contribution in [0.1, 0.15) is 22.3 Å². The molecule has 0 spiro atoms. The number of carbonyl (C=O) groups excluding carboxylic acids is 2. The molecule has 0 saturated carbocycles. The summed E-state index contributed by atoms with van der Waals surface area (Å²) in [4.78, 5) is 44.6. The first-order chi connectivity index (χ1) is 9.86. The van der Waals surface area contributed by atoms with Crippen LogP contribution in [0.25, 0.3) is 0 Å². The maximum absolute atomic E-state index is 11.9. The minimum atomic E-state index is -1.51. The second-order valence-electron chi connectivity index (χ2n) is 4.56. The van der Waals surface area contributed by atoms with Crippen LogP contribution in [-0.4, -0.2) is 40.0 Å². The number of carboxylic acids is 2. The molecule has 0 aromatic heterocycles. The second-order valence-corrected chi connectivity index (χ2v) is 4.56. The molecule has 2 amide bonds. The molecule has 21 heavy (non-hydrogen) atoms. The SMILES string of the molecule is O=C(O)C[C@@H](NC(=O)c1ccc2c(c1)CC(=O)N2)C(=O)O. The van der Waals surface area contributed by atoms with E-state index in [2.05, 4.69) is 10.6 Å². The van der Waals surface area contributed by atoms with Crippen LogP contribution in [0.5, 0.6) is 0 Å². The number of anilines is 1. The number of carbonyl (C=O) groups is 4. The molecule has 1 aromatic rings. The van der Waals surface area contributed by atoms with Crippen molar-refractivity contribution in [2.45, 2.75) is 18.9 Å². The van der Waals surface area contributed by atoms with Gasteiger partial charge in [-0.2, -0.15) is 0 Å². The van der Waals surface area contributed by atoms with Crippen molar-refractivity contribution in [1.29, 1.82) is 0 Å². The van der Waals surface area contributed by atoms with Crippen molar-refractivity contribution in [2.75, 3.05) is 5.32 Å². The number of hydrogen-bond donors (Lipinski definition) is 4. The lowest BCUT2D eigenvalue weighted by Gasteiger charge is -2.12. The third kappa shape index (κ3) is 3.35. The number of rotatable bonds is 5. The van der Waals surface area contributed by atoms with Gasteiger partial charge in [-0.25, -0.2) is 4.79 Å². The molecule has 4 N–H and O–H groups in total. The van der Waals surface area contributed by atoms with Crippen molar-refractivity contribution in [3.8, 4) is 0 Å². The summed E-state index contributed by atoms with van der Waals surface area (Å²) in [5.74, 6) is -3.64.